The van der Waals surface area contributed by atoms with Gasteiger partial charge in [0.25, 0.3) is 0 Å². The summed E-state index contributed by atoms with van der Waals surface area (Å²) in [6.07, 6.45) is 0. The van der Waals surface area contributed by atoms with E-state index in [1.165, 1.54) is 0 Å². The van der Waals surface area contributed by atoms with Gasteiger partial charge in [-0.1, -0.05) is 28.4 Å². The first kappa shape index (κ1) is 15.1. The summed E-state index contributed by atoms with van der Waals surface area (Å²) in [5.41, 5.74) is 0.718. The molecule has 7 heteroatoms. The molecule has 1 aromatic heterocycles. The molecule has 2 rings (SSSR count). The number of ether oxygens (including phenoxy) is 1. The Hall–Kier alpha value is -1.30. The van der Waals surface area contributed by atoms with Crippen molar-refractivity contribution in [3.05, 3.63) is 28.2 Å². The Morgan fingerprint density at radius 3 is 2.60 bits per heavy atom. The molecular formula is C13H15Cl2N3O2. The number of nitrogens with zero attached hydrogens (tertiary/aromatic N) is 3. The second-order valence-electron chi connectivity index (χ2n) is 4.18. The summed E-state index contributed by atoms with van der Waals surface area (Å²) in [5.74, 6) is 0.452. The molecule has 0 fully saturated rings. The number of rotatable bonds is 6. The minimum absolute atomic E-state index is 0.427. The van der Waals surface area contributed by atoms with E-state index >= 15 is 0 Å². The Morgan fingerprint density at radius 1 is 1.25 bits per heavy atom. The van der Waals surface area contributed by atoms with Gasteiger partial charge in [0.2, 0.25) is 5.82 Å². The van der Waals surface area contributed by atoms with Crippen molar-refractivity contribution in [1.82, 2.24) is 10.1 Å². The predicted molar refractivity (Wildman–Crippen MR) is 79.5 cm³/mol. The van der Waals surface area contributed by atoms with Gasteiger partial charge in [-0.15, -0.1) is 0 Å². The van der Waals surface area contributed by atoms with Crippen LogP contribution in [0.15, 0.2) is 22.7 Å². The second kappa shape index (κ2) is 6.92. The number of aromatic nitrogens is 2. The number of benzene rings is 1. The third-order valence-corrected chi connectivity index (χ3v) is 3.07. The first-order valence-corrected chi connectivity index (χ1v) is 6.94. The van der Waals surface area contributed by atoms with Crippen molar-refractivity contribution in [2.75, 3.05) is 31.7 Å². The number of hydrogen-bond donors (Lipinski definition) is 0. The van der Waals surface area contributed by atoms with Crippen LogP contribution in [-0.2, 0) is 4.74 Å². The summed E-state index contributed by atoms with van der Waals surface area (Å²) in [5, 5.41) is 4.99. The molecule has 108 valence electrons. The van der Waals surface area contributed by atoms with Gasteiger partial charge < -0.3 is 14.2 Å². The Balaban J connectivity index is 2.11. The summed E-state index contributed by atoms with van der Waals surface area (Å²) >= 11 is 11.9. The van der Waals surface area contributed by atoms with Gasteiger partial charge in [0.1, 0.15) is 0 Å². The highest BCUT2D eigenvalue weighted by atomic mass is 35.5. The lowest BCUT2D eigenvalue weighted by molar-refractivity contribution is 0.153. The molecule has 0 atom stereocenters. The molecular weight excluding hydrogens is 301 g/mol. The van der Waals surface area contributed by atoms with Gasteiger partial charge in [-0.2, -0.15) is 4.98 Å². The third-order valence-electron chi connectivity index (χ3n) is 2.64. The van der Waals surface area contributed by atoms with Gasteiger partial charge in [-0.25, -0.2) is 0 Å². The van der Waals surface area contributed by atoms with Crippen molar-refractivity contribution in [3.8, 4) is 11.4 Å². The van der Waals surface area contributed by atoms with Crippen LogP contribution in [-0.4, -0.2) is 36.9 Å². The molecule has 20 heavy (non-hydrogen) atoms. The third kappa shape index (κ3) is 3.85. The van der Waals surface area contributed by atoms with Crippen LogP contribution in [0.2, 0.25) is 10.0 Å². The largest absolute Gasteiger partial charge is 0.380 e. The summed E-state index contributed by atoms with van der Waals surface area (Å²) in [6.45, 7) is 3.91. The molecule has 0 spiro atoms. The monoisotopic (exact) mass is 315 g/mol. The van der Waals surface area contributed by atoms with Gasteiger partial charge in [-0.3, -0.25) is 0 Å². The highest BCUT2D eigenvalue weighted by Gasteiger charge is 2.13. The Labute approximate surface area is 127 Å². The lowest BCUT2D eigenvalue weighted by Gasteiger charge is -2.12. The summed E-state index contributed by atoms with van der Waals surface area (Å²) in [4.78, 5) is 6.15. The molecule has 0 aliphatic carbocycles. The zero-order chi connectivity index (χ0) is 14.5. The summed E-state index contributed by atoms with van der Waals surface area (Å²) in [7, 11) is 1.86. The van der Waals surface area contributed by atoms with E-state index in [2.05, 4.69) is 10.1 Å². The second-order valence-corrected chi connectivity index (χ2v) is 5.05. The Bertz CT molecular complexity index is 554. The number of likely N-dealkylation sites (N-methyl/N-ethyl adjacent to an activating group) is 1. The van der Waals surface area contributed by atoms with Crippen molar-refractivity contribution in [2.45, 2.75) is 6.92 Å². The fourth-order valence-corrected chi connectivity index (χ4v) is 2.14. The van der Waals surface area contributed by atoms with Crippen molar-refractivity contribution in [3.63, 3.8) is 0 Å². The normalized spacial score (nSPS) is 10.8. The van der Waals surface area contributed by atoms with Gasteiger partial charge in [0.15, 0.2) is 0 Å². The first-order chi connectivity index (χ1) is 9.60. The van der Waals surface area contributed by atoms with Crippen molar-refractivity contribution >= 4 is 29.2 Å². The van der Waals surface area contributed by atoms with Crippen LogP contribution in [0.1, 0.15) is 6.92 Å². The predicted octanol–water partition coefficient (Wildman–Crippen LogP) is 3.52. The first-order valence-electron chi connectivity index (χ1n) is 6.19. The molecule has 0 amide bonds. The maximum Gasteiger partial charge on any atom is 0.324 e. The van der Waals surface area contributed by atoms with Crippen molar-refractivity contribution in [2.24, 2.45) is 0 Å². The van der Waals surface area contributed by atoms with Crippen molar-refractivity contribution in [1.29, 1.82) is 0 Å². The molecule has 0 saturated carbocycles. The summed E-state index contributed by atoms with van der Waals surface area (Å²) in [6, 6.07) is 5.56. The maximum absolute atomic E-state index is 5.96. The van der Waals surface area contributed by atoms with Gasteiger partial charge in [0.05, 0.1) is 6.61 Å². The van der Waals surface area contributed by atoms with Crippen molar-refractivity contribution < 1.29 is 9.26 Å². The fraction of sp³-hybridized carbons (Fsp3) is 0.385. The van der Waals surface area contributed by atoms with Gasteiger partial charge in [-0.05, 0) is 25.1 Å². The number of halogens is 2. The highest BCUT2D eigenvalue weighted by molar-refractivity contribution is 6.35. The molecule has 2 aromatic rings. The lowest BCUT2D eigenvalue weighted by Crippen LogP contribution is -2.22. The molecule has 0 aliphatic heterocycles. The highest BCUT2D eigenvalue weighted by Crippen LogP contribution is 2.26. The molecule has 1 aromatic carbocycles. The zero-order valence-corrected chi connectivity index (χ0v) is 12.8. The van der Waals surface area contributed by atoms with E-state index < -0.39 is 0 Å². The molecule has 0 N–H and O–H groups in total. The minimum Gasteiger partial charge on any atom is -0.380 e. The average Bonchev–Trinajstić information content (AvgIpc) is 2.87. The molecule has 0 radical (unpaired) electrons. The lowest BCUT2D eigenvalue weighted by atomic mass is 10.2. The van der Waals surface area contributed by atoms with E-state index in [0.29, 0.717) is 41.6 Å². The quantitative estimate of drug-likeness (QED) is 0.763. The minimum atomic E-state index is 0.427. The van der Waals surface area contributed by atoms with E-state index in [0.717, 1.165) is 5.56 Å². The van der Waals surface area contributed by atoms with E-state index in [9.17, 15) is 0 Å². The number of anilines is 1. The molecule has 0 unspecified atom stereocenters. The molecule has 0 saturated heterocycles. The summed E-state index contributed by atoms with van der Waals surface area (Å²) < 4.78 is 10.5. The average molecular weight is 316 g/mol. The van der Waals surface area contributed by atoms with Crippen LogP contribution in [0.3, 0.4) is 0 Å². The van der Waals surface area contributed by atoms with E-state index in [1.807, 2.05) is 18.9 Å². The molecule has 0 bridgehead atoms. The van der Waals surface area contributed by atoms with E-state index in [1.54, 1.807) is 18.2 Å². The Morgan fingerprint density at radius 2 is 1.95 bits per heavy atom. The molecule has 5 nitrogen and oxygen atoms in total. The van der Waals surface area contributed by atoms with Crippen LogP contribution >= 0.6 is 23.2 Å². The standard InChI is InChI=1S/C13H15Cl2N3O2/c1-3-19-5-4-18(2)13-16-12(17-20-13)9-6-10(14)8-11(15)7-9/h6-8H,3-5H2,1-2H3. The van der Waals surface area contributed by atoms with Crippen LogP contribution in [0.4, 0.5) is 6.01 Å². The number of hydrogen-bond acceptors (Lipinski definition) is 5. The van der Waals surface area contributed by atoms with Crippen LogP contribution in [0.5, 0.6) is 0 Å². The van der Waals surface area contributed by atoms with E-state index in [4.69, 9.17) is 32.5 Å². The van der Waals surface area contributed by atoms with E-state index in [-0.39, 0.29) is 0 Å². The molecule has 0 aliphatic rings. The zero-order valence-electron chi connectivity index (χ0n) is 11.3. The molecule has 1 heterocycles. The fourth-order valence-electron chi connectivity index (χ4n) is 1.61. The van der Waals surface area contributed by atoms with Gasteiger partial charge in [0, 0.05) is 35.8 Å². The van der Waals surface area contributed by atoms with Crippen LogP contribution < -0.4 is 4.90 Å². The SMILES string of the molecule is CCOCCN(C)c1nc(-c2cc(Cl)cc(Cl)c2)no1. The van der Waals surface area contributed by atoms with Gasteiger partial charge >= 0.3 is 6.01 Å². The van der Waals surface area contributed by atoms with Crippen LogP contribution in [0.25, 0.3) is 11.4 Å². The smallest absolute Gasteiger partial charge is 0.324 e. The topological polar surface area (TPSA) is 51.4 Å². The van der Waals surface area contributed by atoms with Crippen LogP contribution in [0, 0.1) is 0 Å². The Kier molecular flexibility index (Phi) is 5.23. The maximum atomic E-state index is 5.96.